The fourth-order valence-electron chi connectivity index (χ4n) is 2.69. The van der Waals surface area contributed by atoms with E-state index in [0.717, 1.165) is 44.1 Å². The molecule has 1 aromatic rings. The minimum absolute atomic E-state index is 0.182. The number of ether oxygens (including phenoxy) is 1. The first-order valence-corrected chi connectivity index (χ1v) is 8.61. The predicted octanol–water partition coefficient (Wildman–Crippen LogP) is 4.53. The van der Waals surface area contributed by atoms with Crippen LogP contribution in [0.4, 0.5) is 0 Å². The van der Waals surface area contributed by atoms with Gasteiger partial charge in [0.25, 0.3) is 0 Å². The molecule has 0 fully saturated rings. The molecule has 0 saturated carbocycles. The first-order chi connectivity index (χ1) is 11.1. The van der Waals surface area contributed by atoms with Gasteiger partial charge < -0.3 is 9.84 Å². The molecule has 0 heterocycles. The number of carbonyl (C=O) groups excluding carboxylic acids is 1. The number of hydrogen-bond acceptors (Lipinski definition) is 3. The molecule has 4 nitrogen and oxygen atoms in total. The van der Waals surface area contributed by atoms with Gasteiger partial charge in [0, 0.05) is 12.8 Å². The van der Waals surface area contributed by atoms with Crippen LogP contribution in [0.2, 0.25) is 0 Å². The summed E-state index contributed by atoms with van der Waals surface area (Å²) in [6.07, 6.45) is 6.75. The Labute approximate surface area is 138 Å². The molecule has 0 spiro atoms. The van der Waals surface area contributed by atoms with Crippen molar-refractivity contribution in [2.45, 2.75) is 71.6 Å². The second kappa shape index (κ2) is 10.8. The number of carboxylic acid groups (broad SMARTS) is 1. The van der Waals surface area contributed by atoms with Crippen LogP contribution in [0.5, 0.6) is 5.75 Å². The normalized spacial score (nSPS) is 10.5. The van der Waals surface area contributed by atoms with Crippen LogP contribution in [0.1, 0.15) is 69.9 Å². The minimum Gasteiger partial charge on any atom is -0.481 e. The van der Waals surface area contributed by atoms with Crippen LogP contribution < -0.4 is 4.74 Å². The Morgan fingerprint density at radius 3 is 2.22 bits per heavy atom. The van der Waals surface area contributed by atoms with Crippen molar-refractivity contribution in [3.05, 3.63) is 29.3 Å². The first-order valence-electron chi connectivity index (χ1n) is 8.61. The average molecular weight is 320 g/mol. The maximum absolute atomic E-state index is 12.0. The van der Waals surface area contributed by atoms with E-state index in [1.54, 1.807) is 0 Å². The summed E-state index contributed by atoms with van der Waals surface area (Å²) in [6.45, 7) is 4.17. The molecule has 0 radical (unpaired) electrons. The van der Waals surface area contributed by atoms with Crippen LogP contribution in [0, 0.1) is 0 Å². The second-order valence-corrected chi connectivity index (χ2v) is 5.74. The summed E-state index contributed by atoms with van der Waals surface area (Å²) in [4.78, 5) is 22.3. The molecule has 23 heavy (non-hydrogen) atoms. The molecular weight excluding hydrogens is 292 g/mol. The van der Waals surface area contributed by atoms with Crippen molar-refractivity contribution in [3.8, 4) is 5.75 Å². The lowest BCUT2D eigenvalue weighted by Gasteiger charge is -2.12. The van der Waals surface area contributed by atoms with E-state index in [1.165, 1.54) is 5.56 Å². The lowest BCUT2D eigenvalue weighted by molar-refractivity contribution is -0.137. The number of carbonyl (C=O) groups is 2. The topological polar surface area (TPSA) is 63.6 Å². The van der Waals surface area contributed by atoms with Gasteiger partial charge in [-0.15, -0.1) is 0 Å². The summed E-state index contributed by atoms with van der Waals surface area (Å²) in [7, 11) is 0. The third-order valence-corrected chi connectivity index (χ3v) is 3.96. The van der Waals surface area contributed by atoms with E-state index >= 15 is 0 Å². The van der Waals surface area contributed by atoms with Crippen LogP contribution in [-0.4, -0.2) is 17.0 Å². The van der Waals surface area contributed by atoms with Crippen molar-refractivity contribution in [2.24, 2.45) is 0 Å². The summed E-state index contributed by atoms with van der Waals surface area (Å²) < 4.78 is 5.52. The lowest BCUT2D eigenvalue weighted by atomic mass is 10.0. The first kappa shape index (κ1) is 19.2. The molecule has 128 valence electrons. The summed E-state index contributed by atoms with van der Waals surface area (Å²) in [5.41, 5.74) is 2.35. The molecule has 0 atom stereocenters. The van der Waals surface area contributed by atoms with Gasteiger partial charge in [0.05, 0.1) is 0 Å². The smallest absolute Gasteiger partial charge is 0.311 e. The number of esters is 1. The number of aliphatic carboxylic acids is 1. The zero-order chi connectivity index (χ0) is 17.1. The second-order valence-electron chi connectivity index (χ2n) is 5.74. The highest BCUT2D eigenvalue weighted by atomic mass is 16.5. The Balaban J connectivity index is 2.30. The molecule has 4 heteroatoms. The van der Waals surface area contributed by atoms with E-state index in [1.807, 2.05) is 12.1 Å². The summed E-state index contributed by atoms with van der Waals surface area (Å²) in [5.74, 6) is -0.230. The largest absolute Gasteiger partial charge is 0.481 e. The number of benzene rings is 1. The lowest BCUT2D eigenvalue weighted by Crippen LogP contribution is -2.10. The SMILES string of the molecule is CCc1cccc(OC(=O)CCCCCCCC(=O)O)c1CC. The fraction of sp³-hybridized carbons (Fsp3) is 0.579. The molecule has 0 saturated heterocycles. The third-order valence-electron chi connectivity index (χ3n) is 3.96. The van der Waals surface area contributed by atoms with E-state index < -0.39 is 5.97 Å². The highest BCUT2D eigenvalue weighted by Gasteiger charge is 2.11. The minimum atomic E-state index is -0.741. The van der Waals surface area contributed by atoms with E-state index in [2.05, 4.69) is 19.9 Å². The zero-order valence-electron chi connectivity index (χ0n) is 14.3. The van der Waals surface area contributed by atoms with Crippen molar-refractivity contribution in [1.29, 1.82) is 0 Å². The number of unbranched alkanes of at least 4 members (excludes halogenated alkanes) is 4. The molecule has 1 N–H and O–H groups in total. The molecule has 0 aromatic heterocycles. The molecule has 0 aliphatic heterocycles. The number of aryl methyl sites for hydroxylation is 1. The van der Waals surface area contributed by atoms with Gasteiger partial charge in [0.2, 0.25) is 0 Å². The van der Waals surface area contributed by atoms with Crippen LogP contribution in [0.3, 0.4) is 0 Å². The van der Waals surface area contributed by atoms with Gasteiger partial charge in [-0.05, 0) is 42.9 Å². The monoisotopic (exact) mass is 320 g/mol. The van der Waals surface area contributed by atoms with Gasteiger partial charge in [-0.2, -0.15) is 0 Å². The maximum atomic E-state index is 12.0. The van der Waals surface area contributed by atoms with Gasteiger partial charge in [-0.1, -0.05) is 45.2 Å². The standard InChI is InChI=1S/C19H28O4/c1-3-15-11-10-12-17(16(15)4-2)23-19(22)14-9-7-5-6-8-13-18(20)21/h10-12H,3-9,13-14H2,1-2H3,(H,20,21). The Bertz CT molecular complexity index is 508. The van der Waals surface area contributed by atoms with Gasteiger partial charge in [-0.3, -0.25) is 9.59 Å². The Morgan fingerprint density at radius 1 is 0.957 bits per heavy atom. The number of hydrogen-bond donors (Lipinski definition) is 1. The van der Waals surface area contributed by atoms with Crippen molar-refractivity contribution < 1.29 is 19.4 Å². The summed E-state index contributed by atoms with van der Waals surface area (Å²) in [6, 6.07) is 5.87. The molecule has 0 amide bonds. The van der Waals surface area contributed by atoms with Gasteiger partial charge >= 0.3 is 11.9 Å². The van der Waals surface area contributed by atoms with E-state index in [4.69, 9.17) is 9.84 Å². The van der Waals surface area contributed by atoms with Crippen LogP contribution in [0.15, 0.2) is 18.2 Å². The van der Waals surface area contributed by atoms with Crippen molar-refractivity contribution in [2.75, 3.05) is 0 Å². The van der Waals surface area contributed by atoms with Gasteiger partial charge in [0.1, 0.15) is 5.75 Å². The van der Waals surface area contributed by atoms with E-state index in [9.17, 15) is 9.59 Å². The van der Waals surface area contributed by atoms with Crippen LogP contribution in [-0.2, 0) is 22.4 Å². The number of carboxylic acids is 1. The molecule has 0 aliphatic rings. The van der Waals surface area contributed by atoms with Gasteiger partial charge in [-0.25, -0.2) is 0 Å². The quantitative estimate of drug-likeness (QED) is 0.369. The molecule has 0 bridgehead atoms. The van der Waals surface area contributed by atoms with E-state index in [0.29, 0.717) is 18.6 Å². The van der Waals surface area contributed by atoms with Crippen molar-refractivity contribution >= 4 is 11.9 Å². The maximum Gasteiger partial charge on any atom is 0.311 e. The third kappa shape index (κ3) is 7.31. The highest BCUT2D eigenvalue weighted by Crippen LogP contribution is 2.24. The van der Waals surface area contributed by atoms with Crippen LogP contribution in [0.25, 0.3) is 0 Å². The van der Waals surface area contributed by atoms with Crippen LogP contribution >= 0.6 is 0 Å². The summed E-state index contributed by atoms with van der Waals surface area (Å²) >= 11 is 0. The van der Waals surface area contributed by atoms with Gasteiger partial charge in [0.15, 0.2) is 0 Å². The molecule has 1 rings (SSSR count). The molecule has 1 aromatic carbocycles. The van der Waals surface area contributed by atoms with Crippen molar-refractivity contribution in [1.82, 2.24) is 0 Å². The molecular formula is C19H28O4. The predicted molar refractivity (Wildman–Crippen MR) is 90.8 cm³/mol. The Kier molecular flexibility index (Phi) is 9.03. The molecule has 0 aliphatic carbocycles. The number of rotatable bonds is 11. The van der Waals surface area contributed by atoms with E-state index in [-0.39, 0.29) is 12.4 Å². The zero-order valence-corrected chi connectivity index (χ0v) is 14.3. The van der Waals surface area contributed by atoms with Crippen molar-refractivity contribution in [3.63, 3.8) is 0 Å². The fourth-order valence-corrected chi connectivity index (χ4v) is 2.69. The Hall–Kier alpha value is -1.84. The highest BCUT2D eigenvalue weighted by molar-refractivity contribution is 5.73. The summed E-state index contributed by atoms with van der Waals surface area (Å²) in [5, 5.41) is 8.55. The average Bonchev–Trinajstić information content (AvgIpc) is 2.53. The molecule has 0 unspecified atom stereocenters. The Morgan fingerprint density at radius 2 is 1.61 bits per heavy atom.